The van der Waals surface area contributed by atoms with Crippen molar-refractivity contribution in [2.45, 2.75) is 66.1 Å². The average molecular weight is 1040 g/mol. The van der Waals surface area contributed by atoms with Gasteiger partial charge in [0.2, 0.25) is 20.0 Å². The van der Waals surface area contributed by atoms with Gasteiger partial charge in [-0.2, -0.15) is 5.26 Å². The molecule has 3 saturated heterocycles. The number of likely N-dealkylation sites (tertiary alicyclic amines) is 2. The number of benzene rings is 3. The molecule has 3 heterocycles. The summed E-state index contributed by atoms with van der Waals surface area (Å²) in [6.45, 7) is 10.6. The van der Waals surface area contributed by atoms with Gasteiger partial charge in [0.1, 0.15) is 11.9 Å². The highest BCUT2D eigenvalue weighted by molar-refractivity contribution is 7.89. The lowest BCUT2D eigenvalue weighted by molar-refractivity contribution is 0.0693. The van der Waals surface area contributed by atoms with E-state index in [4.69, 9.17) is 25.8 Å². The van der Waals surface area contributed by atoms with E-state index in [1.54, 1.807) is 60.7 Å². The number of carbonyl (C=O) groups excluding carboxylic acids is 2. The van der Waals surface area contributed by atoms with Gasteiger partial charge < -0.3 is 40.8 Å². The van der Waals surface area contributed by atoms with Crippen molar-refractivity contribution in [3.8, 4) is 11.8 Å². The van der Waals surface area contributed by atoms with Crippen LogP contribution in [0.5, 0.6) is 5.75 Å². The number of nitrogens with zero attached hydrogens (tertiary/aromatic N) is 4. The molecule has 7 rings (SSSR count). The van der Waals surface area contributed by atoms with Gasteiger partial charge in [-0.05, 0) is 105 Å². The number of sulfonamides is 2. The first-order valence-corrected chi connectivity index (χ1v) is 27.9. The Kier molecular flexibility index (Phi) is 20.5. The zero-order valence-corrected chi connectivity index (χ0v) is 42.5. The van der Waals surface area contributed by atoms with Crippen LogP contribution in [0.2, 0.25) is 5.02 Å². The van der Waals surface area contributed by atoms with E-state index in [0.717, 1.165) is 56.8 Å². The Morgan fingerprint density at radius 1 is 0.704 bits per heavy atom. The monoisotopic (exact) mass is 1040 g/mol. The zero-order valence-electron chi connectivity index (χ0n) is 40.1. The SMILES string of the molecule is N#Cc1cc(Cl)cc2c1C[C@H](N1CCNCC1)[C@H]2Oc1ccc(S(=O)(=O)N[C@@H]2CCN(CCOCCNC(=O)NCCCCNC(=O)NCCOCCN3CC[C@@H](NS(=O)(=O)c4ccccc4)C3)C2)cc1. The highest BCUT2D eigenvalue weighted by atomic mass is 35.5. The van der Waals surface area contributed by atoms with Gasteiger partial charge in [-0.1, -0.05) is 29.8 Å². The van der Waals surface area contributed by atoms with E-state index < -0.39 is 20.0 Å². The van der Waals surface area contributed by atoms with Gasteiger partial charge in [0, 0.05) is 95.6 Å². The number of hydrogen-bond acceptors (Lipinski definition) is 14. The molecule has 3 fully saturated rings. The van der Waals surface area contributed by atoms with Crippen LogP contribution in [0.15, 0.2) is 76.5 Å². The summed E-state index contributed by atoms with van der Waals surface area (Å²) in [5.74, 6) is 0.533. The summed E-state index contributed by atoms with van der Waals surface area (Å²) in [7, 11) is -7.33. The smallest absolute Gasteiger partial charge is 0.314 e. The number of hydrogen-bond donors (Lipinski definition) is 7. The summed E-state index contributed by atoms with van der Waals surface area (Å²) in [6, 6.07) is 19.7. The molecule has 71 heavy (non-hydrogen) atoms. The van der Waals surface area contributed by atoms with Crippen molar-refractivity contribution in [3.63, 3.8) is 0 Å². The molecule has 23 heteroatoms. The molecule has 0 radical (unpaired) electrons. The van der Waals surface area contributed by atoms with E-state index in [2.05, 4.69) is 56.8 Å². The van der Waals surface area contributed by atoms with E-state index in [1.807, 2.05) is 6.07 Å². The van der Waals surface area contributed by atoms with E-state index in [-0.39, 0.29) is 46.1 Å². The normalized spacial score (nSPS) is 20.8. The quantitative estimate of drug-likeness (QED) is 0.0569. The Morgan fingerprint density at radius 2 is 1.24 bits per heavy atom. The second kappa shape index (κ2) is 26.9. The molecular weight excluding hydrogens is 974 g/mol. The third-order valence-electron chi connectivity index (χ3n) is 13.0. The van der Waals surface area contributed by atoms with Gasteiger partial charge in [0.05, 0.1) is 53.9 Å². The molecule has 3 aliphatic heterocycles. The van der Waals surface area contributed by atoms with E-state index >= 15 is 0 Å². The molecule has 4 amide bonds. The first-order valence-electron chi connectivity index (χ1n) is 24.5. The molecule has 1 aliphatic carbocycles. The summed E-state index contributed by atoms with van der Waals surface area (Å²) in [6.07, 6.45) is 3.07. The third kappa shape index (κ3) is 16.4. The van der Waals surface area contributed by atoms with Crippen LogP contribution in [-0.4, -0.2) is 180 Å². The summed E-state index contributed by atoms with van der Waals surface area (Å²) in [4.78, 5) is 31.4. The van der Waals surface area contributed by atoms with E-state index in [9.17, 15) is 31.7 Å². The number of urea groups is 2. The highest BCUT2D eigenvalue weighted by Gasteiger charge is 2.40. The van der Waals surface area contributed by atoms with Crippen LogP contribution in [0, 0.1) is 11.3 Å². The van der Waals surface area contributed by atoms with Crippen molar-refractivity contribution >= 4 is 43.7 Å². The van der Waals surface area contributed by atoms with Gasteiger partial charge in [0.15, 0.2) is 0 Å². The number of ether oxygens (including phenoxy) is 3. The van der Waals surface area contributed by atoms with Crippen molar-refractivity contribution in [1.82, 2.24) is 50.7 Å². The van der Waals surface area contributed by atoms with Crippen LogP contribution in [-0.2, 0) is 35.9 Å². The standard InChI is InChI=1S/C48H68ClN11O9S2/c49-37-30-36(33-50)43-32-45(60-22-16-51-17-23-60)46(44(43)31-37)69-40-8-10-42(11-9-40)71(65,66)57-39-13-21-59(35-39)25-29-68-27-19-55-48(62)53-15-5-4-14-52-47(61)54-18-26-67-28-24-58-20-12-38(34-58)56-70(63,64)41-6-2-1-3-7-41/h1-3,6-11,30-31,38-39,45-46,51,56-57H,4-5,12-29,32,34-35H2,(H2,52,54,61)(H2,53,55,62)/t38-,39-,45+,46+/m1/s1. The summed E-state index contributed by atoms with van der Waals surface area (Å²) in [5.41, 5.74) is 2.39. The average Bonchev–Trinajstić information content (AvgIpc) is 4.11. The maximum Gasteiger partial charge on any atom is 0.314 e. The number of carbonyl (C=O) groups is 2. The first-order chi connectivity index (χ1) is 34.4. The van der Waals surface area contributed by atoms with Crippen LogP contribution >= 0.6 is 11.6 Å². The Bertz CT molecular complexity index is 2470. The van der Waals surface area contributed by atoms with Crippen LogP contribution in [0.25, 0.3) is 0 Å². The third-order valence-corrected chi connectivity index (χ3v) is 16.3. The minimum Gasteiger partial charge on any atom is -0.484 e. The van der Waals surface area contributed by atoms with Crippen molar-refractivity contribution in [2.75, 3.05) is 118 Å². The molecule has 20 nitrogen and oxygen atoms in total. The second-order valence-electron chi connectivity index (χ2n) is 18.1. The Balaban J connectivity index is 0.674. The van der Waals surface area contributed by atoms with Crippen molar-refractivity contribution in [1.29, 1.82) is 5.26 Å². The number of nitriles is 1. The fraction of sp³-hybridized carbons (Fsp3) is 0.562. The van der Waals surface area contributed by atoms with Crippen LogP contribution in [0.1, 0.15) is 48.5 Å². The zero-order chi connectivity index (χ0) is 50.1. The van der Waals surface area contributed by atoms with Crippen molar-refractivity contribution in [2.24, 2.45) is 0 Å². The van der Waals surface area contributed by atoms with Gasteiger partial charge >= 0.3 is 12.1 Å². The largest absolute Gasteiger partial charge is 0.484 e. The molecule has 388 valence electrons. The number of amides is 4. The molecule has 3 aromatic rings. The van der Waals surface area contributed by atoms with Gasteiger partial charge in [-0.25, -0.2) is 35.9 Å². The van der Waals surface area contributed by atoms with Crippen LogP contribution < -0.4 is 40.8 Å². The van der Waals surface area contributed by atoms with E-state index in [1.165, 1.54) is 0 Å². The number of fused-ring (bicyclic) bond motifs is 1. The summed E-state index contributed by atoms with van der Waals surface area (Å²) >= 11 is 6.43. The van der Waals surface area contributed by atoms with E-state index in [0.29, 0.717) is 121 Å². The van der Waals surface area contributed by atoms with Gasteiger partial charge in [-0.3, -0.25) is 14.7 Å². The first kappa shape index (κ1) is 54.1. The maximum absolute atomic E-state index is 13.4. The maximum atomic E-state index is 13.4. The Morgan fingerprint density at radius 3 is 1.79 bits per heavy atom. The van der Waals surface area contributed by atoms with Gasteiger partial charge in [0.25, 0.3) is 0 Å². The number of rotatable bonds is 26. The number of halogens is 1. The van der Waals surface area contributed by atoms with Crippen molar-refractivity contribution < 1.29 is 40.6 Å². The molecule has 3 aromatic carbocycles. The molecule has 4 atom stereocenters. The molecule has 0 unspecified atom stereocenters. The predicted molar refractivity (Wildman–Crippen MR) is 268 cm³/mol. The number of nitrogens with one attached hydrogen (secondary N) is 7. The molecule has 0 spiro atoms. The highest BCUT2D eigenvalue weighted by Crippen LogP contribution is 2.41. The molecule has 0 bridgehead atoms. The van der Waals surface area contributed by atoms with Crippen LogP contribution in [0.4, 0.5) is 9.59 Å². The second-order valence-corrected chi connectivity index (χ2v) is 22.0. The summed E-state index contributed by atoms with van der Waals surface area (Å²) in [5, 5.41) is 24.8. The number of piperazine rings is 1. The lowest BCUT2D eigenvalue weighted by Crippen LogP contribution is -2.50. The summed E-state index contributed by atoms with van der Waals surface area (Å²) < 4.78 is 75.6. The molecule has 4 aliphatic rings. The predicted octanol–water partition coefficient (Wildman–Crippen LogP) is 1.98. The minimum absolute atomic E-state index is 0.0130. The molecule has 0 aromatic heterocycles. The van der Waals surface area contributed by atoms with Crippen LogP contribution in [0.3, 0.4) is 0 Å². The molecular formula is C48H68ClN11O9S2. The lowest BCUT2D eigenvalue weighted by atomic mass is 10.0. The Labute approximate surface area is 422 Å². The molecule has 0 saturated carbocycles. The Hall–Kier alpha value is -4.64. The molecule has 7 N–H and O–H groups in total. The number of unbranched alkanes of at least 4 members (excludes halogenated alkanes) is 1. The lowest BCUT2D eigenvalue weighted by Gasteiger charge is -2.36. The minimum atomic E-state index is -3.79. The fourth-order valence-electron chi connectivity index (χ4n) is 9.37. The van der Waals surface area contributed by atoms with Crippen molar-refractivity contribution in [3.05, 3.63) is 88.4 Å². The van der Waals surface area contributed by atoms with Gasteiger partial charge in [-0.15, -0.1) is 0 Å². The fourth-order valence-corrected chi connectivity index (χ4v) is 12.1. The topological polar surface area (TPSA) is 248 Å².